The fraction of sp³-hybridized carbons (Fsp3) is 0.545. The van der Waals surface area contributed by atoms with Crippen LogP contribution in [0.1, 0.15) is 26.2 Å². The number of carbonyl (C=O) groups is 5. The zero-order valence-corrected chi connectivity index (χ0v) is 10.7. The summed E-state index contributed by atoms with van der Waals surface area (Å²) >= 11 is 0. The van der Waals surface area contributed by atoms with Gasteiger partial charge in [-0.1, -0.05) is 0 Å². The molecule has 0 spiro atoms. The molecule has 0 aliphatic carbocycles. The first-order valence-corrected chi connectivity index (χ1v) is 5.81. The van der Waals surface area contributed by atoms with Crippen molar-refractivity contribution < 1.29 is 33.4 Å². The van der Waals surface area contributed by atoms with Crippen LogP contribution < -0.4 is 11.1 Å². The Hall–Kier alpha value is -2.29. The van der Waals surface area contributed by atoms with Crippen molar-refractivity contribution in [3.8, 4) is 0 Å². The molecule has 0 saturated carbocycles. The van der Waals surface area contributed by atoms with Crippen molar-refractivity contribution in [2.45, 2.75) is 38.3 Å². The molecule has 0 aromatic rings. The lowest BCUT2D eigenvalue weighted by Crippen LogP contribution is -2.44. The molecule has 1 fully saturated rings. The Balaban J connectivity index is 2.91. The summed E-state index contributed by atoms with van der Waals surface area (Å²) in [5.41, 5.74) is 5.42. The zero-order valence-electron chi connectivity index (χ0n) is 10.7. The molecule has 0 aromatic heterocycles. The molecule has 0 aromatic carbocycles. The van der Waals surface area contributed by atoms with Gasteiger partial charge in [-0.25, -0.2) is 9.59 Å². The highest BCUT2D eigenvalue weighted by Gasteiger charge is 2.31. The van der Waals surface area contributed by atoms with Gasteiger partial charge in [0.25, 0.3) is 0 Å². The minimum atomic E-state index is -1.41. The lowest BCUT2D eigenvalue weighted by molar-refractivity contribution is -0.166. The molecular weight excluding hydrogens is 272 g/mol. The molecular formula is C11H14N2O7. The SMILES string of the molecule is CC(=O)N[C@H]1CC(=O)OC(=O)CC[C@H](N)C(=O)OC1=O. The van der Waals surface area contributed by atoms with E-state index in [1.807, 2.05) is 0 Å². The van der Waals surface area contributed by atoms with Gasteiger partial charge in [0, 0.05) is 13.3 Å². The van der Waals surface area contributed by atoms with Crippen LogP contribution in [0.25, 0.3) is 0 Å². The first kappa shape index (κ1) is 15.8. The van der Waals surface area contributed by atoms with Gasteiger partial charge < -0.3 is 20.5 Å². The molecule has 9 heteroatoms. The molecule has 1 saturated heterocycles. The summed E-state index contributed by atoms with van der Waals surface area (Å²) < 4.78 is 8.88. The topological polar surface area (TPSA) is 142 Å². The molecule has 3 N–H and O–H groups in total. The molecule has 20 heavy (non-hydrogen) atoms. The van der Waals surface area contributed by atoms with E-state index in [9.17, 15) is 24.0 Å². The molecule has 1 amide bonds. The third-order valence-electron chi connectivity index (χ3n) is 2.42. The number of nitrogens with one attached hydrogen (secondary N) is 1. The van der Waals surface area contributed by atoms with Crippen molar-refractivity contribution in [1.29, 1.82) is 0 Å². The molecule has 2 atom stereocenters. The Morgan fingerprint density at radius 3 is 2.40 bits per heavy atom. The Labute approximate surface area is 113 Å². The third kappa shape index (κ3) is 4.76. The van der Waals surface area contributed by atoms with Crippen LogP contribution in [-0.4, -0.2) is 41.9 Å². The molecule has 110 valence electrons. The third-order valence-corrected chi connectivity index (χ3v) is 2.42. The maximum atomic E-state index is 11.7. The normalized spacial score (nSPS) is 25.3. The number of hydrogen-bond acceptors (Lipinski definition) is 8. The van der Waals surface area contributed by atoms with E-state index in [0.29, 0.717) is 0 Å². The fourth-order valence-corrected chi connectivity index (χ4v) is 1.46. The van der Waals surface area contributed by atoms with Gasteiger partial charge in [-0.2, -0.15) is 0 Å². The number of esters is 4. The molecule has 0 bridgehead atoms. The first-order valence-electron chi connectivity index (χ1n) is 5.81. The number of amides is 1. The predicted octanol–water partition coefficient (Wildman–Crippen LogP) is -1.86. The standard InChI is InChI=1S/C11H14N2O7/c1-5(14)13-7-4-9(16)19-8(15)3-2-6(12)10(17)20-11(7)18/h6-7H,2-4,12H2,1H3,(H,13,14)/t6-,7-/m0/s1. The second-order valence-electron chi connectivity index (χ2n) is 4.19. The van der Waals surface area contributed by atoms with E-state index in [4.69, 9.17) is 5.73 Å². The number of cyclic esters (lactones) is 4. The molecule has 0 unspecified atom stereocenters. The monoisotopic (exact) mass is 286 g/mol. The van der Waals surface area contributed by atoms with Crippen LogP contribution in [0.3, 0.4) is 0 Å². The average molecular weight is 286 g/mol. The summed E-state index contributed by atoms with van der Waals surface area (Å²) in [6.45, 7) is 1.11. The lowest BCUT2D eigenvalue weighted by atomic mass is 10.2. The Morgan fingerprint density at radius 1 is 1.15 bits per heavy atom. The molecule has 0 radical (unpaired) electrons. The van der Waals surface area contributed by atoms with Crippen molar-refractivity contribution in [2.24, 2.45) is 5.73 Å². The van der Waals surface area contributed by atoms with Gasteiger partial charge in [0.1, 0.15) is 12.1 Å². The van der Waals surface area contributed by atoms with E-state index in [0.717, 1.165) is 6.92 Å². The minimum Gasteiger partial charge on any atom is -0.393 e. The summed E-state index contributed by atoms with van der Waals surface area (Å²) in [5.74, 6) is -4.65. The van der Waals surface area contributed by atoms with Crippen molar-refractivity contribution in [3.63, 3.8) is 0 Å². The van der Waals surface area contributed by atoms with Crippen molar-refractivity contribution in [2.75, 3.05) is 0 Å². The van der Waals surface area contributed by atoms with Crippen LogP contribution in [-0.2, 0) is 33.4 Å². The number of hydrogen-bond donors (Lipinski definition) is 2. The van der Waals surface area contributed by atoms with Gasteiger partial charge in [0.15, 0.2) is 0 Å². The number of ether oxygens (including phenoxy) is 2. The molecule has 1 heterocycles. The quantitative estimate of drug-likeness (QED) is 0.422. The van der Waals surface area contributed by atoms with Gasteiger partial charge >= 0.3 is 23.9 Å². The Morgan fingerprint density at radius 2 is 1.80 bits per heavy atom. The largest absolute Gasteiger partial charge is 0.393 e. The molecule has 9 nitrogen and oxygen atoms in total. The summed E-state index contributed by atoms with van der Waals surface area (Å²) in [5, 5.41) is 2.13. The maximum Gasteiger partial charge on any atom is 0.336 e. The first-order chi connectivity index (χ1) is 9.29. The molecule has 1 aliphatic rings. The van der Waals surface area contributed by atoms with Gasteiger partial charge in [-0.15, -0.1) is 0 Å². The highest BCUT2D eigenvalue weighted by molar-refractivity contribution is 5.96. The van der Waals surface area contributed by atoms with E-state index < -0.39 is 48.3 Å². The van der Waals surface area contributed by atoms with E-state index in [1.165, 1.54) is 0 Å². The summed E-state index contributed by atoms with van der Waals surface area (Å²) in [6.07, 6.45) is -1.00. The van der Waals surface area contributed by atoms with E-state index in [-0.39, 0.29) is 12.8 Å². The van der Waals surface area contributed by atoms with Crippen LogP contribution in [0.2, 0.25) is 0 Å². The van der Waals surface area contributed by atoms with E-state index in [1.54, 1.807) is 0 Å². The lowest BCUT2D eigenvalue weighted by Gasteiger charge is -2.15. The predicted molar refractivity (Wildman–Crippen MR) is 61.6 cm³/mol. The second-order valence-corrected chi connectivity index (χ2v) is 4.19. The van der Waals surface area contributed by atoms with Crippen molar-refractivity contribution in [1.82, 2.24) is 5.32 Å². The van der Waals surface area contributed by atoms with E-state index in [2.05, 4.69) is 14.8 Å². The van der Waals surface area contributed by atoms with Crippen molar-refractivity contribution >= 4 is 29.8 Å². The number of carbonyl (C=O) groups excluding carboxylic acids is 5. The van der Waals surface area contributed by atoms with Crippen LogP contribution in [0.5, 0.6) is 0 Å². The molecule has 1 aliphatic heterocycles. The van der Waals surface area contributed by atoms with Crippen LogP contribution >= 0.6 is 0 Å². The maximum absolute atomic E-state index is 11.7. The minimum absolute atomic E-state index is 0.122. The summed E-state index contributed by atoms with van der Waals surface area (Å²) in [7, 11) is 0. The zero-order chi connectivity index (χ0) is 15.3. The highest BCUT2D eigenvalue weighted by atomic mass is 16.6. The highest BCUT2D eigenvalue weighted by Crippen LogP contribution is 2.07. The van der Waals surface area contributed by atoms with Gasteiger partial charge in [-0.3, -0.25) is 14.4 Å². The number of nitrogens with two attached hydrogens (primary N) is 1. The van der Waals surface area contributed by atoms with Crippen molar-refractivity contribution in [3.05, 3.63) is 0 Å². The smallest absolute Gasteiger partial charge is 0.336 e. The van der Waals surface area contributed by atoms with Crippen LogP contribution in [0.4, 0.5) is 0 Å². The van der Waals surface area contributed by atoms with Gasteiger partial charge in [-0.05, 0) is 6.42 Å². The Kier molecular flexibility index (Phi) is 5.32. The summed E-state index contributed by atoms with van der Waals surface area (Å²) in [4.78, 5) is 56.7. The van der Waals surface area contributed by atoms with Gasteiger partial charge in [0.2, 0.25) is 5.91 Å². The Bertz CT molecular complexity index is 460. The average Bonchev–Trinajstić information content (AvgIpc) is 2.34. The van der Waals surface area contributed by atoms with E-state index >= 15 is 0 Å². The summed E-state index contributed by atoms with van der Waals surface area (Å²) in [6, 6.07) is -2.61. The van der Waals surface area contributed by atoms with Gasteiger partial charge in [0.05, 0.1) is 6.42 Å². The second kappa shape index (κ2) is 6.75. The number of rotatable bonds is 1. The fourth-order valence-electron chi connectivity index (χ4n) is 1.46. The molecule has 1 rings (SSSR count). The van der Waals surface area contributed by atoms with Crippen LogP contribution in [0, 0.1) is 0 Å². The van der Waals surface area contributed by atoms with Crippen LogP contribution in [0.15, 0.2) is 0 Å².